The van der Waals surface area contributed by atoms with Gasteiger partial charge in [-0.25, -0.2) is 4.68 Å². The van der Waals surface area contributed by atoms with E-state index >= 15 is 0 Å². The van der Waals surface area contributed by atoms with Gasteiger partial charge in [0.25, 0.3) is 5.56 Å². The van der Waals surface area contributed by atoms with Crippen molar-refractivity contribution in [3.05, 3.63) is 28.2 Å². The molecule has 0 N–H and O–H groups in total. The minimum absolute atomic E-state index is 0.207. The second-order valence-corrected chi connectivity index (χ2v) is 4.74. The van der Waals surface area contributed by atoms with Crippen molar-refractivity contribution >= 4 is 11.8 Å². The van der Waals surface area contributed by atoms with Crippen LogP contribution in [0.3, 0.4) is 0 Å². The Morgan fingerprint density at radius 1 is 1.37 bits per heavy atom. The van der Waals surface area contributed by atoms with Gasteiger partial charge < -0.3 is 4.74 Å². The maximum Gasteiger partial charge on any atom is 0.319 e. The van der Waals surface area contributed by atoms with Crippen molar-refractivity contribution in [2.45, 2.75) is 34.2 Å². The Kier molecular flexibility index (Phi) is 4.58. The van der Waals surface area contributed by atoms with Crippen LogP contribution >= 0.6 is 0 Å². The Hall–Kier alpha value is -1.98. The largest absolute Gasteiger partial charge is 0.465 e. The van der Waals surface area contributed by atoms with Gasteiger partial charge in [0.15, 0.2) is 5.78 Å². The summed E-state index contributed by atoms with van der Waals surface area (Å²) in [5.41, 5.74) is -1.04. The highest BCUT2D eigenvalue weighted by Gasteiger charge is 2.37. The maximum absolute atomic E-state index is 12.1. The normalized spacial score (nSPS) is 11.2. The van der Waals surface area contributed by atoms with Crippen LogP contribution in [0.5, 0.6) is 0 Å². The minimum Gasteiger partial charge on any atom is -0.465 e. The van der Waals surface area contributed by atoms with Crippen molar-refractivity contribution in [2.24, 2.45) is 5.41 Å². The number of carbonyl (C=O) groups excluding carboxylic acids is 2. The number of esters is 1. The lowest BCUT2D eigenvalue weighted by Gasteiger charge is -2.20. The first kappa shape index (κ1) is 15.1. The first-order valence-electron chi connectivity index (χ1n) is 6.04. The molecule has 0 saturated carbocycles. The van der Waals surface area contributed by atoms with E-state index < -0.39 is 17.2 Å². The Morgan fingerprint density at radius 3 is 2.58 bits per heavy atom. The second-order valence-electron chi connectivity index (χ2n) is 4.74. The molecule has 1 rings (SSSR count). The van der Waals surface area contributed by atoms with Gasteiger partial charge in [0, 0.05) is 6.07 Å². The zero-order chi connectivity index (χ0) is 14.6. The summed E-state index contributed by atoms with van der Waals surface area (Å²) in [6, 6.07) is 2.91. The van der Waals surface area contributed by atoms with Crippen LogP contribution in [-0.4, -0.2) is 28.1 Å². The number of hydrogen-bond donors (Lipinski definition) is 0. The van der Waals surface area contributed by atoms with Crippen LogP contribution in [0, 0.1) is 12.3 Å². The molecule has 19 heavy (non-hydrogen) atoms. The second kappa shape index (κ2) is 5.77. The first-order chi connectivity index (χ1) is 8.78. The molecule has 0 radical (unpaired) electrons. The molecule has 0 saturated heterocycles. The van der Waals surface area contributed by atoms with Crippen molar-refractivity contribution in [2.75, 3.05) is 6.61 Å². The summed E-state index contributed by atoms with van der Waals surface area (Å²) in [6.07, 6.45) is 0. The third-order valence-electron chi connectivity index (χ3n) is 2.78. The average Bonchev–Trinajstić information content (AvgIpc) is 2.34. The molecule has 0 aliphatic rings. The molecule has 0 atom stereocenters. The van der Waals surface area contributed by atoms with Gasteiger partial charge >= 0.3 is 5.97 Å². The van der Waals surface area contributed by atoms with Gasteiger partial charge in [-0.2, -0.15) is 5.10 Å². The number of aryl methyl sites for hydroxylation is 1. The van der Waals surface area contributed by atoms with Crippen LogP contribution in [0.4, 0.5) is 0 Å². The summed E-state index contributed by atoms with van der Waals surface area (Å²) in [5, 5.41) is 3.96. The molecule has 0 bridgehead atoms. The molecule has 6 nitrogen and oxygen atoms in total. The molecule has 6 heteroatoms. The van der Waals surface area contributed by atoms with Crippen molar-refractivity contribution in [1.82, 2.24) is 9.78 Å². The van der Waals surface area contributed by atoms with Crippen molar-refractivity contribution < 1.29 is 14.3 Å². The molecular formula is C13H18N2O4. The highest BCUT2D eigenvalue weighted by molar-refractivity contribution is 6.02. The number of ketones is 1. The Labute approximate surface area is 111 Å². The van der Waals surface area contributed by atoms with Crippen LogP contribution in [0.25, 0.3) is 0 Å². The minimum atomic E-state index is -1.29. The lowest BCUT2D eigenvalue weighted by Crippen LogP contribution is -2.39. The summed E-state index contributed by atoms with van der Waals surface area (Å²) < 4.78 is 5.91. The Morgan fingerprint density at radius 2 is 2.00 bits per heavy atom. The lowest BCUT2D eigenvalue weighted by atomic mass is 9.88. The number of ether oxygens (including phenoxy) is 1. The van der Waals surface area contributed by atoms with E-state index in [1.54, 1.807) is 19.9 Å². The predicted octanol–water partition coefficient (Wildman–Crippen LogP) is 0.710. The van der Waals surface area contributed by atoms with E-state index in [9.17, 15) is 14.4 Å². The van der Waals surface area contributed by atoms with Gasteiger partial charge in [0.2, 0.25) is 0 Å². The van der Waals surface area contributed by atoms with Crippen LogP contribution in [0.15, 0.2) is 16.9 Å². The number of aromatic nitrogens is 2. The van der Waals surface area contributed by atoms with Gasteiger partial charge in [-0.1, -0.05) is 0 Å². The summed E-state index contributed by atoms with van der Waals surface area (Å²) >= 11 is 0. The monoisotopic (exact) mass is 266 g/mol. The third kappa shape index (κ3) is 3.49. The van der Waals surface area contributed by atoms with Crippen molar-refractivity contribution in [1.29, 1.82) is 0 Å². The molecule has 1 heterocycles. The summed E-state index contributed by atoms with van der Waals surface area (Å²) in [6.45, 7) is 6.31. The van der Waals surface area contributed by atoms with E-state index in [-0.39, 0.29) is 18.7 Å². The molecule has 1 aromatic heterocycles. The number of carbonyl (C=O) groups is 2. The molecule has 0 aliphatic heterocycles. The molecule has 0 amide bonds. The van der Waals surface area contributed by atoms with E-state index in [4.69, 9.17) is 4.74 Å². The van der Waals surface area contributed by atoms with Crippen LogP contribution < -0.4 is 5.56 Å². The summed E-state index contributed by atoms with van der Waals surface area (Å²) in [5.74, 6) is -1.01. The molecule has 1 aromatic rings. The van der Waals surface area contributed by atoms with E-state index in [0.717, 1.165) is 4.68 Å². The molecule has 0 fully saturated rings. The molecule has 0 unspecified atom stereocenters. The fourth-order valence-corrected chi connectivity index (χ4v) is 1.42. The highest BCUT2D eigenvalue weighted by Crippen LogP contribution is 2.19. The number of nitrogens with zero attached hydrogens (tertiary/aromatic N) is 2. The standard InChI is InChI=1S/C13H18N2O4/c1-5-19-12(18)13(3,4)10(16)8-15-11(17)7-6-9(2)14-15/h6-7H,5,8H2,1-4H3. The molecule has 0 spiro atoms. The van der Waals surface area contributed by atoms with Gasteiger partial charge in [-0.3, -0.25) is 14.4 Å². The smallest absolute Gasteiger partial charge is 0.319 e. The van der Waals surface area contributed by atoms with Crippen LogP contribution in [-0.2, 0) is 20.9 Å². The lowest BCUT2D eigenvalue weighted by molar-refractivity contribution is -0.158. The number of Topliss-reactive ketones (excluding diaryl/α,β-unsaturated/α-hetero) is 1. The Bertz CT molecular complexity index is 546. The van der Waals surface area contributed by atoms with Gasteiger partial charge in [0.1, 0.15) is 12.0 Å². The number of rotatable bonds is 5. The summed E-state index contributed by atoms with van der Waals surface area (Å²) in [7, 11) is 0. The van der Waals surface area contributed by atoms with Gasteiger partial charge in [-0.15, -0.1) is 0 Å². The van der Waals surface area contributed by atoms with E-state index in [2.05, 4.69) is 5.10 Å². The van der Waals surface area contributed by atoms with Crippen LogP contribution in [0.2, 0.25) is 0 Å². The molecular weight excluding hydrogens is 248 g/mol. The van der Waals surface area contributed by atoms with Gasteiger partial charge in [-0.05, 0) is 33.8 Å². The molecule has 104 valence electrons. The fourth-order valence-electron chi connectivity index (χ4n) is 1.42. The third-order valence-corrected chi connectivity index (χ3v) is 2.78. The van der Waals surface area contributed by atoms with Crippen LogP contribution in [0.1, 0.15) is 26.5 Å². The van der Waals surface area contributed by atoms with E-state index in [1.807, 2.05) is 0 Å². The summed E-state index contributed by atoms with van der Waals surface area (Å²) in [4.78, 5) is 35.4. The first-order valence-corrected chi connectivity index (χ1v) is 6.04. The SMILES string of the molecule is CCOC(=O)C(C)(C)C(=O)Cn1nc(C)ccc1=O. The van der Waals surface area contributed by atoms with E-state index in [1.165, 1.54) is 19.9 Å². The zero-order valence-corrected chi connectivity index (χ0v) is 11.6. The quantitative estimate of drug-likeness (QED) is 0.579. The van der Waals surface area contributed by atoms with E-state index in [0.29, 0.717) is 5.69 Å². The molecule has 0 aromatic carbocycles. The zero-order valence-electron chi connectivity index (χ0n) is 11.6. The maximum atomic E-state index is 12.1. The highest BCUT2D eigenvalue weighted by atomic mass is 16.5. The van der Waals surface area contributed by atoms with Gasteiger partial charge in [0.05, 0.1) is 12.3 Å². The predicted molar refractivity (Wildman–Crippen MR) is 68.7 cm³/mol. The molecule has 0 aliphatic carbocycles. The average molecular weight is 266 g/mol. The topological polar surface area (TPSA) is 78.3 Å². The van der Waals surface area contributed by atoms with Crippen molar-refractivity contribution in [3.63, 3.8) is 0 Å². The number of hydrogen-bond acceptors (Lipinski definition) is 5. The fraction of sp³-hybridized carbons (Fsp3) is 0.538. The van der Waals surface area contributed by atoms with Crippen molar-refractivity contribution in [3.8, 4) is 0 Å². The Balaban J connectivity index is 2.93.